The number of phenols is 1. The molecule has 3 aromatic rings. The van der Waals surface area contributed by atoms with Crippen LogP contribution in [0, 0.1) is 0 Å². The summed E-state index contributed by atoms with van der Waals surface area (Å²) in [7, 11) is 1.54. The van der Waals surface area contributed by atoms with Gasteiger partial charge in [-0.2, -0.15) is 0 Å². The van der Waals surface area contributed by atoms with Crippen LogP contribution in [-0.2, 0) is 0 Å². The molecule has 0 atom stereocenters. The van der Waals surface area contributed by atoms with Crippen LogP contribution < -0.4 is 10.1 Å². The Balaban J connectivity index is 1.68. The van der Waals surface area contributed by atoms with Crippen molar-refractivity contribution in [2.75, 3.05) is 12.4 Å². The molecule has 4 nitrogen and oxygen atoms in total. The number of nitrogens with zero attached hydrogens (tertiary/aromatic N) is 1. The van der Waals surface area contributed by atoms with E-state index in [-0.39, 0.29) is 5.75 Å². The lowest BCUT2D eigenvalue weighted by atomic mass is 10.2. The van der Waals surface area contributed by atoms with E-state index in [1.807, 2.05) is 24.3 Å². The summed E-state index contributed by atoms with van der Waals surface area (Å²) in [6, 6.07) is 12.2. The third kappa shape index (κ3) is 4.43. The van der Waals surface area contributed by atoms with E-state index < -0.39 is 0 Å². The molecule has 26 heavy (non-hydrogen) atoms. The number of nitrogens with one attached hydrogen (secondary N) is 1. The van der Waals surface area contributed by atoms with Crippen molar-refractivity contribution in [2.45, 2.75) is 19.9 Å². The average molecular weight is 366 g/mol. The fourth-order valence-corrected chi connectivity index (χ4v) is 3.42. The molecule has 1 aromatic heterocycles. The number of thiazole rings is 1. The fraction of sp³-hybridized carbons (Fsp3) is 0.190. The van der Waals surface area contributed by atoms with Crippen molar-refractivity contribution in [3.63, 3.8) is 0 Å². The molecule has 134 valence electrons. The summed E-state index contributed by atoms with van der Waals surface area (Å²) < 4.78 is 6.12. The second-order valence-electron chi connectivity index (χ2n) is 6.18. The Labute approximate surface area is 157 Å². The summed E-state index contributed by atoms with van der Waals surface area (Å²) in [5.74, 6) is 0.572. The number of fused-ring (bicyclic) bond motifs is 1. The molecule has 5 heteroatoms. The lowest BCUT2D eigenvalue weighted by Gasteiger charge is -2.09. The first-order valence-corrected chi connectivity index (χ1v) is 9.25. The Bertz CT molecular complexity index is 941. The third-order valence-electron chi connectivity index (χ3n) is 3.71. The van der Waals surface area contributed by atoms with E-state index in [9.17, 15) is 5.11 Å². The van der Waals surface area contributed by atoms with Crippen LogP contribution in [0.4, 0.5) is 5.69 Å². The lowest BCUT2D eigenvalue weighted by Crippen LogP contribution is -2.09. The van der Waals surface area contributed by atoms with E-state index in [1.165, 1.54) is 0 Å². The first-order valence-electron chi connectivity index (χ1n) is 8.44. The van der Waals surface area contributed by atoms with Crippen LogP contribution in [-0.4, -0.2) is 23.2 Å². The molecule has 2 N–H and O–H groups in total. The van der Waals surface area contributed by atoms with E-state index in [2.05, 4.69) is 54.5 Å². The normalized spacial score (nSPS) is 11.8. The summed E-state index contributed by atoms with van der Waals surface area (Å²) in [6.45, 7) is 4.25. The molecule has 0 spiro atoms. The Kier molecular flexibility index (Phi) is 5.58. The van der Waals surface area contributed by atoms with E-state index in [1.54, 1.807) is 24.5 Å². The molecule has 3 rings (SSSR count). The van der Waals surface area contributed by atoms with Crippen molar-refractivity contribution in [3.8, 4) is 11.5 Å². The Morgan fingerprint density at radius 1 is 1.12 bits per heavy atom. The number of hydrogen-bond donors (Lipinski definition) is 2. The summed E-state index contributed by atoms with van der Waals surface area (Å²) in [5, 5.41) is 14.1. The van der Waals surface area contributed by atoms with E-state index >= 15 is 0 Å². The molecule has 0 saturated carbocycles. The van der Waals surface area contributed by atoms with Crippen LogP contribution in [0.1, 0.15) is 24.4 Å². The predicted octanol–water partition coefficient (Wildman–Crippen LogP) is 5.56. The Hall–Kier alpha value is -2.79. The standard InChI is InChI=1S/C21H22N2O2S/c1-14(2)22-16-10-8-15(9-11-16)6-4-5-7-21-23-17-12-18(24)19(25-3)13-20(17)26-21/h4-14,22,24H,1-3H3/b6-4+,7-5+. The molecule has 0 radical (unpaired) electrons. The monoisotopic (exact) mass is 366 g/mol. The van der Waals surface area contributed by atoms with Gasteiger partial charge in [0.15, 0.2) is 11.5 Å². The molecule has 0 bridgehead atoms. The molecule has 0 aliphatic heterocycles. The van der Waals surface area contributed by atoms with Gasteiger partial charge in [-0.25, -0.2) is 4.98 Å². The smallest absolute Gasteiger partial charge is 0.162 e. The van der Waals surface area contributed by atoms with Gasteiger partial charge in [-0.05, 0) is 37.6 Å². The first-order chi connectivity index (χ1) is 12.5. The number of methoxy groups -OCH3 is 1. The average Bonchev–Trinajstić information content (AvgIpc) is 3.00. The van der Waals surface area contributed by atoms with E-state index in [0.29, 0.717) is 11.8 Å². The van der Waals surface area contributed by atoms with E-state index in [4.69, 9.17) is 4.74 Å². The van der Waals surface area contributed by atoms with Gasteiger partial charge in [-0.15, -0.1) is 11.3 Å². The first kappa shape index (κ1) is 18.0. The number of anilines is 1. The summed E-state index contributed by atoms with van der Waals surface area (Å²) >= 11 is 1.56. The van der Waals surface area contributed by atoms with Gasteiger partial charge in [0.05, 0.1) is 17.3 Å². The number of phenolic OH excluding ortho intramolecular Hbond substituents is 1. The number of rotatable bonds is 6. The Morgan fingerprint density at radius 2 is 1.85 bits per heavy atom. The number of aromatic nitrogens is 1. The van der Waals surface area contributed by atoms with Crippen molar-refractivity contribution >= 4 is 39.4 Å². The van der Waals surface area contributed by atoms with Crippen LogP contribution in [0.25, 0.3) is 22.4 Å². The number of aromatic hydroxyl groups is 1. The number of allylic oxidation sites excluding steroid dienone is 2. The number of ether oxygens (including phenoxy) is 1. The van der Waals surface area contributed by atoms with Crippen LogP contribution in [0.15, 0.2) is 48.6 Å². The quantitative estimate of drug-likeness (QED) is 0.561. The van der Waals surface area contributed by atoms with Crippen LogP contribution in [0.5, 0.6) is 11.5 Å². The second-order valence-corrected chi connectivity index (χ2v) is 7.25. The van der Waals surface area contributed by atoms with Crippen molar-refractivity contribution in [3.05, 3.63) is 59.1 Å². The summed E-state index contributed by atoms with van der Waals surface area (Å²) in [6.07, 6.45) is 7.97. The summed E-state index contributed by atoms with van der Waals surface area (Å²) in [5.41, 5.74) is 3.04. The highest BCUT2D eigenvalue weighted by Crippen LogP contribution is 2.34. The third-order valence-corrected chi connectivity index (χ3v) is 4.69. The molecular weight excluding hydrogens is 344 g/mol. The lowest BCUT2D eigenvalue weighted by molar-refractivity contribution is 0.374. The number of benzene rings is 2. The molecule has 0 aliphatic rings. The zero-order valence-corrected chi connectivity index (χ0v) is 15.9. The number of hydrogen-bond acceptors (Lipinski definition) is 5. The second kappa shape index (κ2) is 8.06. The van der Waals surface area contributed by atoms with Crippen molar-refractivity contribution in [1.82, 2.24) is 4.98 Å². The van der Waals surface area contributed by atoms with Gasteiger partial charge < -0.3 is 15.2 Å². The van der Waals surface area contributed by atoms with Crippen LogP contribution >= 0.6 is 11.3 Å². The van der Waals surface area contributed by atoms with Crippen molar-refractivity contribution in [2.24, 2.45) is 0 Å². The maximum Gasteiger partial charge on any atom is 0.162 e. The van der Waals surface area contributed by atoms with Crippen LogP contribution in [0.3, 0.4) is 0 Å². The van der Waals surface area contributed by atoms with Gasteiger partial charge in [-0.3, -0.25) is 0 Å². The van der Waals surface area contributed by atoms with Gasteiger partial charge in [0.1, 0.15) is 5.01 Å². The molecule has 0 unspecified atom stereocenters. The zero-order valence-electron chi connectivity index (χ0n) is 15.1. The minimum atomic E-state index is 0.108. The molecule has 0 aliphatic carbocycles. The van der Waals surface area contributed by atoms with Gasteiger partial charge in [0.25, 0.3) is 0 Å². The molecule has 1 heterocycles. The SMILES string of the molecule is COc1cc2sc(/C=C/C=C/c3ccc(NC(C)C)cc3)nc2cc1O. The Morgan fingerprint density at radius 3 is 2.54 bits per heavy atom. The van der Waals surface area contributed by atoms with Gasteiger partial charge in [-0.1, -0.05) is 30.4 Å². The maximum absolute atomic E-state index is 9.83. The topological polar surface area (TPSA) is 54.4 Å². The van der Waals surface area contributed by atoms with Gasteiger partial charge in [0.2, 0.25) is 0 Å². The zero-order chi connectivity index (χ0) is 18.5. The largest absolute Gasteiger partial charge is 0.504 e. The molecule has 0 saturated heterocycles. The molecule has 2 aromatic carbocycles. The predicted molar refractivity (Wildman–Crippen MR) is 111 cm³/mol. The van der Waals surface area contributed by atoms with Gasteiger partial charge in [0, 0.05) is 23.9 Å². The highest BCUT2D eigenvalue weighted by molar-refractivity contribution is 7.19. The fourth-order valence-electron chi connectivity index (χ4n) is 2.53. The highest BCUT2D eigenvalue weighted by Gasteiger charge is 2.07. The maximum atomic E-state index is 9.83. The molecule has 0 amide bonds. The van der Waals surface area contributed by atoms with Gasteiger partial charge >= 0.3 is 0 Å². The molecular formula is C21H22N2O2S. The highest BCUT2D eigenvalue weighted by atomic mass is 32.1. The summed E-state index contributed by atoms with van der Waals surface area (Å²) in [4.78, 5) is 4.51. The minimum Gasteiger partial charge on any atom is -0.504 e. The van der Waals surface area contributed by atoms with Crippen molar-refractivity contribution < 1.29 is 9.84 Å². The van der Waals surface area contributed by atoms with Crippen LogP contribution in [0.2, 0.25) is 0 Å². The molecule has 0 fully saturated rings. The van der Waals surface area contributed by atoms with Crippen molar-refractivity contribution in [1.29, 1.82) is 0 Å². The van der Waals surface area contributed by atoms with E-state index in [0.717, 1.165) is 26.5 Å². The minimum absolute atomic E-state index is 0.108.